The van der Waals surface area contributed by atoms with Crippen molar-refractivity contribution in [3.63, 3.8) is 0 Å². The number of hydrogen-bond acceptors (Lipinski definition) is 4. The van der Waals surface area contributed by atoms with Crippen LogP contribution in [0.1, 0.15) is 13.0 Å². The van der Waals surface area contributed by atoms with Gasteiger partial charge in [0.2, 0.25) is 0 Å². The Morgan fingerprint density at radius 1 is 0.964 bits per heavy atom. The third-order valence-corrected chi connectivity index (χ3v) is 5.19. The molecule has 0 bridgehead atoms. The van der Waals surface area contributed by atoms with E-state index in [1.165, 1.54) is 0 Å². The summed E-state index contributed by atoms with van der Waals surface area (Å²) in [5.41, 5.74) is 5.28. The molecule has 0 amide bonds. The molecule has 1 N–H and O–H groups in total. The van der Waals surface area contributed by atoms with Crippen molar-refractivity contribution in [2.75, 3.05) is 31.1 Å². The van der Waals surface area contributed by atoms with E-state index in [0.29, 0.717) is 5.56 Å². The van der Waals surface area contributed by atoms with Crippen molar-refractivity contribution in [3.05, 3.63) is 66.2 Å². The predicted octanol–water partition coefficient (Wildman–Crippen LogP) is 4.07. The number of para-hydroxylation sites is 2. The minimum atomic E-state index is 0. The maximum absolute atomic E-state index is 9.98. The van der Waals surface area contributed by atoms with Crippen LogP contribution >= 0.6 is 0 Å². The van der Waals surface area contributed by atoms with Crippen molar-refractivity contribution >= 4 is 22.5 Å². The number of rotatable bonds is 2. The summed E-state index contributed by atoms with van der Waals surface area (Å²) < 4.78 is 2.14. The first-order chi connectivity index (χ1) is 13.4. The van der Waals surface area contributed by atoms with E-state index in [4.69, 9.17) is 4.98 Å². The molecule has 0 aliphatic carbocycles. The zero-order valence-corrected chi connectivity index (χ0v) is 14.9. The lowest BCUT2D eigenvalue weighted by Crippen LogP contribution is -2.44. The summed E-state index contributed by atoms with van der Waals surface area (Å²) in [6.45, 7) is 3.77. The van der Waals surface area contributed by atoms with Crippen LogP contribution in [-0.2, 0) is 0 Å². The highest BCUT2D eigenvalue weighted by atomic mass is 15.3. The van der Waals surface area contributed by atoms with Gasteiger partial charge in [0.15, 0.2) is 5.65 Å². The van der Waals surface area contributed by atoms with Gasteiger partial charge in [-0.3, -0.25) is 4.40 Å². The monoisotopic (exact) mass is 369 g/mol. The molecule has 28 heavy (non-hydrogen) atoms. The van der Waals surface area contributed by atoms with E-state index in [0.717, 1.165) is 59.8 Å². The lowest BCUT2D eigenvalue weighted by Gasteiger charge is -2.30. The molecule has 4 aromatic rings. The summed E-state index contributed by atoms with van der Waals surface area (Å²) in [5.74, 6) is 1.10. The molecule has 140 valence electrons. The van der Waals surface area contributed by atoms with Crippen LogP contribution in [0, 0.1) is 11.3 Å². The van der Waals surface area contributed by atoms with Gasteiger partial charge in [-0.25, -0.2) is 4.98 Å². The van der Waals surface area contributed by atoms with Gasteiger partial charge < -0.3 is 10.2 Å². The second-order valence-corrected chi connectivity index (χ2v) is 6.77. The normalized spacial score (nSPS) is 14.0. The average molecular weight is 369 g/mol. The van der Waals surface area contributed by atoms with Gasteiger partial charge in [-0.15, -0.1) is 0 Å². The molecule has 0 atom stereocenters. The fourth-order valence-electron chi connectivity index (χ4n) is 3.89. The number of piperazine rings is 1. The number of hydrogen-bond donors (Lipinski definition) is 1. The number of nitriles is 1. The van der Waals surface area contributed by atoms with Crippen LogP contribution in [-0.4, -0.2) is 35.6 Å². The smallest absolute Gasteiger partial charge is 0.158 e. The molecule has 1 saturated heterocycles. The zero-order chi connectivity index (χ0) is 18.2. The third kappa shape index (κ3) is 2.79. The SMILES string of the molecule is C.N#Cc1c(-c2ccccc2)cc(N2CCNCC2)n2c1nc1ccccc12. The summed E-state index contributed by atoms with van der Waals surface area (Å²) in [6.07, 6.45) is 0. The summed E-state index contributed by atoms with van der Waals surface area (Å²) in [5, 5.41) is 13.4. The second kappa shape index (κ2) is 7.34. The van der Waals surface area contributed by atoms with Crippen LogP contribution < -0.4 is 10.2 Å². The van der Waals surface area contributed by atoms with Crippen LogP contribution in [0.4, 0.5) is 5.82 Å². The van der Waals surface area contributed by atoms with Gasteiger partial charge >= 0.3 is 0 Å². The zero-order valence-electron chi connectivity index (χ0n) is 14.9. The van der Waals surface area contributed by atoms with Crippen LogP contribution in [0.15, 0.2) is 60.7 Å². The number of nitrogens with zero attached hydrogens (tertiary/aromatic N) is 4. The fraction of sp³-hybridized carbons (Fsp3) is 0.217. The van der Waals surface area contributed by atoms with Crippen molar-refractivity contribution in [3.8, 4) is 17.2 Å². The largest absolute Gasteiger partial charge is 0.355 e. The molecule has 5 rings (SSSR count). The van der Waals surface area contributed by atoms with Gasteiger partial charge in [0.25, 0.3) is 0 Å². The predicted molar refractivity (Wildman–Crippen MR) is 115 cm³/mol. The molecule has 3 heterocycles. The maximum atomic E-state index is 9.98. The van der Waals surface area contributed by atoms with Gasteiger partial charge in [0.1, 0.15) is 17.5 Å². The summed E-state index contributed by atoms with van der Waals surface area (Å²) >= 11 is 0. The molecule has 2 aromatic carbocycles. The molecule has 0 saturated carbocycles. The lowest BCUT2D eigenvalue weighted by atomic mass is 10.0. The molecule has 0 radical (unpaired) electrons. The number of anilines is 1. The first-order valence-corrected chi connectivity index (χ1v) is 9.22. The molecular formula is C23H23N5. The standard InChI is InChI=1S/C22H19N5.CH4/c23-15-18-17(16-6-2-1-3-7-16)14-21(26-12-10-24-11-13-26)27-20-9-5-4-8-19(20)25-22(18)27;/h1-9,14,24H,10-13H2;1H4. The van der Waals surface area contributed by atoms with E-state index in [1.54, 1.807) is 0 Å². The number of imidazole rings is 1. The topological polar surface area (TPSA) is 56.4 Å². The summed E-state index contributed by atoms with van der Waals surface area (Å²) in [6, 6.07) is 22.8. The van der Waals surface area contributed by atoms with E-state index in [-0.39, 0.29) is 7.43 Å². The Hall–Kier alpha value is -3.36. The molecule has 0 unspecified atom stereocenters. The van der Waals surface area contributed by atoms with Gasteiger partial charge in [-0.1, -0.05) is 49.9 Å². The van der Waals surface area contributed by atoms with Gasteiger partial charge in [-0.05, 0) is 23.8 Å². The first-order valence-electron chi connectivity index (χ1n) is 9.22. The van der Waals surface area contributed by atoms with Gasteiger partial charge in [-0.2, -0.15) is 5.26 Å². The van der Waals surface area contributed by atoms with Crippen LogP contribution in [0.5, 0.6) is 0 Å². The van der Waals surface area contributed by atoms with E-state index in [1.807, 2.05) is 36.4 Å². The summed E-state index contributed by atoms with van der Waals surface area (Å²) in [7, 11) is 0. The molecule has 0 spiro atoms. The van der Waals surface area contributed by atoms with Crippen LogP contribution in [0.3, 0.4) is 0 Å². The number of aromatic nitrogens is 2. The Morgan fingerprint density at radius 2 is 1.68 bits per heavy atom. The molecule has 2 aromatic heterocycles. The van der Waals surface area contributed by atoms with E-state index in [2.05, 4.69) is 45.0 Å². The molecule has 5 nitrogen and oxygen atoms in total. The molecular weight excluding hydrogens is 346 g/mol. The van der Waals surface area contributed by atoms with Gasteiger partial charge in [0, 0.05) is 31.7 Å². The Morgan fingerprint density at radius 3 is 2.43 bits per heavy atom. The Balaban J connectivity index is 0.00000192. The highest BCUT2D eigenvalue weighted by Crippen LogP contribution is 2.34. The number of fused-ring (bicyclic) bond motifs is 3. The summed E-state index contributed by atoms with van der Waals surface area (Å²) in [4.78, 5) is 7.21. The minimum Gasteiger partial charge on any atom is -0.355 e. The van der Waals surface area contributed by atoms with Gasteiger partial charge in [0.05, 0.1) is 11.0 Å². The number of benzene rings is 2. The molecule has 1 fully saturated rings. The van der Waals surface area contributed by atoms with Crippen molar-refractivity contribution in [1.29, 1.82) is 5.26 Å². The number of pyridine rings is 1. The molecule has 1 aliphatic rings. The van der Waals surface area contributed by atoms with E-state index < -0.39 is 0 Å². The van der Waals surface area contributed by atoms with Crippen LogP contribution in [0.25, 0.3) is 27.8 Å². The second-order valence-electron chi connectivity index (χ2n) is 6.77. The highest BCUT2D eigenvalue weighted by molar-refractivity contribution is 5.89. The molecule has 5 heteroatoms. The van der Waals surface area contributed by atoms with Crippen LogP contribution in [0.2, 0.25) is 0 Å². The Bertz CT molecular complexity index is 1160. The maximum Gasteiger partial charge on any atom is 0.158 e. The van der Waals surface area contributed by atoms with E-state index in [9.17, 15) is 5.26 Å². The van der Waals surface area contributed by atoms with Crippen molar-refractivity contribution in [2.45, 2.75) is 7.43 Å². The first kappa shape index (κ1) is 18.0. The lowest BCUT2D eigenvalue weighted by molar-refractivity contribution is 0.584. The highest BCUT2D eigenvalue weighted by Gasteiger charge is 2.21. The van der Waals surface area contributed by atoms with Crippen molar-refractivity contribution in [2.24, 2.45) is 0 Å². The Kier molecular flexibility index (Phi) is 4.72. The van der Waals surface area contributed by atoms with E-state index >= 15 is 0 Å². The quantitative estimate of drug-likeness (QED) is 0.579. The Labute approximate surface area is 164 Å². The third-order valence-electron chi connectivity index (χ3n) is 5.19. The number of nitrogens with one attached hydrogen (secondary N) is 1. The van der Waals surface area contributed by atoms with Crippen molar-refractivity contribution in [1.82, 2.24) is 14.7 Å². The minimum absolute atomic E-state index is 0. The average Bonchev–Trinajstić information content (AvgIpc) is 3.13. The fourth-order valence-corrected chi connectivity index (χ4v) is 3.89. The molecule has 1 aliphatic heterocycles. The van der Waals surface area contributed by atoms with Crippen molar-refractivity contribution < 1.29 is 0 Å².